The lowest BCUT2D eigenvalue weighted by Gasteiger charge is -2.01. The number of unbranched alkanes of at least 4 members (excludes halogenated alkanes) is 9. The maximum absolute atomic E-state index is 11.0. The van der Waals surface area contributed by atoms with E-state index in [0.29, 0.717) is 18.6 Å². The summed E-state index contributed by atoms with van der Waals surface area (Å²) in [6, 6.07) is 0. The molecule has 1 aliphatic rings. The van der Waals surface area contributed by atoms with Gasteiger partial charge >= 0.3 is 5.97 Å². The van der Waals surface area contributed by atoms with E-state index in [1.807, 2.05) is 0 Å². The van der Waals surface area contributed by atoms with Crippen LogP contribution in [0.2, 0.25) is 0 Å². The Morgan fingerprint density at radius 3 is 1.86 bits per heavy atom. The summed E-state index contributed by atoms with van der Waals surface area (Å²) < 4.78 is 10.4. The summed E-state index contributed by atoms with van der Waals surface area (Å²) in [5.74, 6) is -0.0772. The van der Waals surface area contributed by atoms with Gasteiger partial charge in [-0.15, -0.1) is 0 Å². The normalized spacial score (nSPS) is 20.1. The highest BCUT2D eigenvalue weighted by molar-refractivity contribution is 5.68. The zero-order valence-corrected chi connectivity index (χ0v) is 14.8. The van der Waals surface area contributed by atoms with Gasteiger partial charge in [-0.1, -0.05) is 71.1 Å². The van der Waals surface area contributed by atoms with Crippen molar-refractivity contribution >= 4 is 5.97 Å². The second-order valence-corrected chi connectivity index (χ2v) is 6.65. The molecule has 1 rings (SSSR count). The number of carbonyl (C=O) groups excluding carboxylic acids is 1. The maximum atomic E-state index is 11.0. The van der Waals surface area contributed by atoms with Gasteiger partial charge in [-0.3, -0.25) is 4.79 Å². The minimum Gasteiger partial charge on any atom is -0.469 e. The monoisotopic (exact) mass is 312 g/mol. The number of ether oxygens (including phenoxy) is 2. The van der Waals surface area contributed by atoms with Crippen molar-refractivity contribution in [2.75, 3.05) is 7.11 Å². The molecular weight excluding hydrogens is 276 g/mol. The highest BCUT2D eigenvalue weighted by Crippen LogP contribution is 2.31. The number of esters is 1. The average molecular weight is 312 g/mol. The number of carbonyl (C=O) groups is 1. The van der Waals surface area contributed by atoms with Gasteiger partial charge in [-0.25, -0.2) is 0 Å². The van der Waals surface area contributed by atoms with Crippen molar-refractivity contribution in [1.29, 1.82) is 0 Å². The van der Waals surface area contributed by atoms with Gasteiger partial charge in [0.25, 0.3) is 0 Å². The first-order valence-corrected chi connectivity index (χ1v) is 9.50. The van der Waals surface area contributed by atoms with E-state index in [1.54, 1.807) is 0 Å². The molecule has 3 nitrogen and oxygen atoms in total. The fourth-order valence-corrected chi connectivity index (χ4v) is 3.06. The van der Waals surface area contributed by atoms with Gasteiger partial charge in [0.2, 0.25) is 0 Å². The Kier molecular flexibility index (Phi) is 11.4. The minimum atomic E-state index is -0.0772. The molecule has 1 aliphatic heterocycles. The van der Waals surface area contributed by atoms with Gasteiger partial charge in [0.15, 0.2) is 0 Å². The van der Waals surface area contributed by atoms with Gasteiger partial charge in [0.05, 0.1) is 19.3 Å². The van der Waals surface area contributed by atoms with Crippen molar-refractivity contribution < 1.29 is 14.3 Å². The lowest BCUT2D eigenvalue weighted by Crippen LogP contribution is -1.99. The summed E-state index contributed by atoms with van der Waals surface area (Å²) in [7, 11) is 1.46. The van der Waals surface area contributed by atoms with Gasteiger partial charge in [-0.05, 0) is 19.3 Å². The van der Waals surface area contributed by atoms with Crippen molar-refractivity contribution in [2.24, 2.45) is 0 Å². The molecule has 0 aromatic carbocycles. The van der Waals surface area contributed by atoms with Crippen LogP contribution >= 0.6 is 0 Å². The summed E-state index contributed by atoms with van der Waals surface area (Å²) in [6.07, 6.45) is 18.3. The third kappa shape index (κ3) is 10.2. The summed E-state index contributed by atoms with van der Waals surface area (Å²) in [5.41, 5.74) is 0. The number of hydrogen-bond donors (Lipinski definition) is 0. The summed E-state index contributed by atoms with van der Waals surface area (Å²) in [4.78, 5) is 11.0. The van der Waals surface area contributed by atoms with E-state index in [1.165, 1.54) is 77.7 Å². The van der Waals surface area contributed by atoms with E-state index >= 15 is 0 Å². The van der Waals surface area contributed by atoms with Crippen molar-refractivity contribution in [3.8, 4) is 0 Å². The Morgan fingerprint density at radius 2 is 1.32 bits per heavy atom. The van der Waals surface area contributed by atoms with Crippen molar-refractivity contribution in [3.63, 3.8) is 0 Å². The first kappa shape index (κ1) is 19.5. The molecule has 0 spiro atoms. The molecule has 0 aromatic heterocycles. The predicted octanol–water partition coefficient (Wildman–Crippen LogP) is 5.41. The van der Waals surface area contributed by atoms with E-state index in [-0.39, 0.29) is 5.97 Å². The largest absolute Gasteiger partial charge is 0.469 e. The molecule has 1 fully saturated rings. The second kappa shape index (κ2) is 12.9. The van der Waals surface area contributed by atoms with E-state index in [4.69, 9.17) is 4.74 Å². The van der Waals surface area contributed by atoms with Crippen molar-refractivity contribution in [1.82, 2.24) is 0 Å². The Morgan fingerprint density at radius 1 is 0.818 bits per heavy atom. The molecule has 1 saturated heterocycles. The first-order chi connectivity index (χ1) is 10.8. The van der Waals surface area contributed by atoms with Crippen LogP contribution in [0.3, 0.4) is 0 Å². The summed E-state index contributed by atoms with van der Waals surface area (Å²) in [6.45, 7) is 2.26. The number of rotatable bonds is 15. The maximum Gasteiger partial charge on any atom is 0.305 e. The quantitative estimate of drug-likeness (QED) is 0.230. The Bertz CT molecular complexity index is 278. The van der Waals surface area contributed by atoms with Crippen LogP contribution in [0.5, 0.6) is 0 Å². The molecule has 3 heteroatoms. The van der Waals surface area contributed by atoms with E-state index in [9.17, 15) is 4.79 Å². The van der Waals surface area contributed by atoms with E-state index < -0.39 is 0 Å². The molecule has 2 atom stereocenters. The molecule has 0 aliphatic carbocycles. The fourth-order valence-electron chi connectivity index (χ4n) is 3.06. The predicted molar refractivity (Wildman–Crippen MR) is 91.0 cm³/mol. The van der Waals surface area contributed by atoms with Crippen LogP contribution in [0.15, 0.2) is 0 Å². The average Bonchev–Trinajstić information content (AvgIpc) is 3.27. The lowest BCUT2D eigenvalue weighted by molar-refractivity contribution is -0.140. The summed E-state index contributed by atoms with van der Waals surface area (Å²) in [5, 5.41) is 0. The van der Waals surface area contributed by atoms with Gasteiger partial charge in [-0.2, -0.15) is 0 Å². The van der Waals surface area contributed by atoms with Crippen LogP contribution in [-0.4, -0.2) is 25.3 Å². The number of hydrogen-bond acceptors (Lipinski definition) is 3. The number of methoxy groups -OCH3 is 1. The van der Waals surface area contributed by atoms with E-state index in [2.05, 4.69) is 11.7 Å². The molecule has 0 unspecified atom stereocenters. The van der Waals surface area contributed by atoms with Crippen LogP contribution in [0.25, 0.3) is 0 Å². The molecule has 130 valence electrons. The Labute approximate surface area is 137 Å². The smallest absolute Gasteiger partial charge is 0.305 e. The van der Waals surface area contributed by atoms with Crippen LogP contribution in [0.1, 0.15) is 96.8 Å². The SMILES string of the molecule is CCCCCCC[C@H]1O[C@@H]1CCCCCCCCC(=O)OC. The van der Waals surface area contributed by atoms with Gasteiger partial charge < -0.3 is 9.47 Å². The number of epoxide rings is 1. The third-order valence-corrected chi connectivity index (χ3v) is 4.63. The van der Waals surface area contributed by atoms with Gasteiger partial charge in [0.1, 0.15) is 0 Å². The fraction of sp³-hybridized carbons (Fsp3) is 0.947. The van der Waals surface area contributed by atoms with Crippen molar-refractivity contribution in [3.05, 3.63) is 0 Å². The van der Waals surface area contributed by atoms with Gasteiger partial charge in [0, 0.05) is 6.42 Å². The summed E-state index contributed by atoms with van der Waals surface area (Å²) >= 11 is 0. The first-order valence-electron chi connectivity index (χ1n) is 9.50. The van der Waals surface area contributed by atoms with Crippen LogP contribution in [0, 0.1) is 0 Å². The molecule has 0 bridgehead atoms. The topological polar surface area (TPSA) is 38.8 Å². The third-order valence-electron chi connectivity index (χ3n) is 4.63. The highest BCUT2D eigenvalue weighted by Gasteiger charge is 2.36. The zero-order chi connectivity index (χ0) is 16.0. The van der Waals surface area contributed by atoms with Crippen LogP contribution in [-0.2, 0) is 14.3 Å². The van der Waals surface area contributed by atoms with Crippen LogP contribution in [0.4, 0.5) is 0 Å². The standard InChI is InChI=1S/C19H36O3/c1-3-4-5-8-11-14-17-18(22-17)15-12-9-6-7-10-13-16-19(20)21-2/h17-18H,3-16H2,1-2H3/t17-,18-/m1/s1. The molecular formula is C19H36O3. The zero-order valence-electron chi connectivity index (χ0n) is 14.8. The molecule has 0 N–H and O–H groups in total. The molecule has 0 radical (unpaired) electrons. The molecule has 1 heterocycles. The Hall–Kier alpha value is -0.570. The lowest BCUT2D eigenvalue weighted by atomic mass is 10.0. The molecule has 22 heavy (non-hydrogen) atoms. The van der Waals surface area contributed by atoms with E-state index in [0.717, 1.165) is 12.8 Å². The molecule has 0 saturated carbocycles. The minimum absolute atomic E-state index is 0.0772. The second-order valence-electron chi connectivity index (χ2n) is 6.65. The molecule has 0 aromatic rings. The van der Waals surface area contributed by atoms with Crippen molar-refractivity contribution in [2.45, 2.75) is 109 Å². The van der Waals surface area contributed by atoms with Crippen LogP contribution < -0.4 is 0 Å². The highest BCUT2D eigenvalue weighted by atomic mass is 16.6. The Balaban J connectivity index is 1.76. The molecule has 0 amide bonds.